The van der Waals surface area contributed by atoms with Gasteiger partial charge in [-0.1, -0.05) is 19.9 Å². The monoisotopic (exact) mass is 357 g/mol. The van der Waals surface area contributed by atoms with Crippen molar-refractivity contribution in [1.82, 2.24) is 20.2 Å². The lowest BCUT2D eigenvalue weighted by Crippen LogP contribution is -1.94. The zero-order chi connectivity index (χ0) is 19.1. The van der Waals surface area contributed by atoms with Crippen LogP contribution in [0.2, 0.25) is 0 Å². The highest BCUT2D eigenvalue weighted by Gasteiger charge is 2.17. The van der Waals surface area contributed by atoms with Gasteiger partial charge in [0.15, 0.2) is 0 Å². The molecule has 0 aliphatic carbocycles. The van der Waals surface area contributed by atoms with Crippen molar-refractivity contribution >= 4 is 16.7 Å². The molecule has 0 aliphatic rings. The summed E-state index contributed by atoms with van der Waals surface area (Å²) in [6, 6.07) is 14.3. The number of aromatic nitrogens is 4. The summed E-state index contributed by atoms with van der Waals surface area (Å²) in [6.07, 6.45) is 0. The second kappa shape index (κ2) is 6.50. The predicted octanol–water partition coefficient (Wildman–Crippen LogP) is 5.01. The zero-order valence-corrected chi connectivity index (χ0v) is 16.0. The van der Waals surface area contributed by atoms with Gasteiger partial charge in [0.1, 0.15) is 5.82 Å². The predicted molar refractivity (Wildman–Crippen MR) is 111 cm³/mol. The van der Waals surface area contributed by atoms with Crippen molar-refractivity contribution in [3.63, 3.8) is 0 Å². The van der Waals surface area contributed by atoms with E-state index in [4.69, 9.17) is 5.73 Å². The molecule has 0 radical (unpaired) electrons. The van der Waals surface area contributed by atoms with Gasteiger partial charge in [-0.25, -0.2) is 0 Å². The van der Waals surface area contributed by atoms with E-state index in [1.807, 2.05) is 19.9 Å². The third-order valence-electron chi connectivity index (χ3n) is 4.77. The maximum absolute atomic E-state index is 5.67. The van der Waals surface area contributed by atoms with E-state index in [1.54, 1.807) is 6.07 Å². The molecule has 0 atom stereocenters. The molecule has 0 saturated carbocycles. The van der Waals surface area contributed by atoms with Crippen LogP contribution in [0.5, 0.6) is 0 Å². The van der Waals surface area contributed by atoms with E-state index in [0.717, 1.165) is 33.9 Å². The maximum atomic E-state index is 5.67. The molecule has 3 heterocycles. The molecule has 27 heavy (non-hydrogen) atoms. The molecule has 0 amide bonds. The van der Waals surface area contributed by atoms with Crippen molar-refractivity contribution in [2.75, 3.05) is 5.73 Å². The molecule has 3 aromatic heterocycles. The topological polar surface area (TPSA) is 80.5 Å². The minimum Gasteiger partial charge on any atom is -0.382 e. The average molecular weight is 357 g/mol. The highest BCUT2D eigenvalue weighted by atomic mass is 15.1. The first-order chi connectivity index (χ1) is 12.9. The molecule has 4 rings (SSSR count). The van der Waals surface area contributed by atoms with Gasteiger partial charge in [-0.3, -0.25) is 4.98 Å². The highest BCUT2D eigenvalue weighted by Crippen LogP contribution is 2.37. The van der Waals surface area contributed by atoms with Crippen LogP contribution < -0.4 is 5.73 Å². The van der Waals surface area contributed by atoms with Crippen molar-refractivity contribution in [2.45, 2.75) is 33.6 Å². The summed E-state index contributed by atoms with van der Waals surface area (Å²) in [4.78, 5) is 8.13. The lowest BCUT2D eigenvalue weighted by atomic mass is 9.95. The molecule has 4 aromatic rings. The molecule has 0 unspecified atom stereocenters. The normalized spacial score (nSPS) is 11.4. The van der Waals surface area contributed by atoms with Gasteiger partial charge in [0.05, 0.1) is 11.4 Å². The van der Waals surface area contributed by atoms with Gasteiger partial charge in [-0.2, -0.15) is 0 Å². The van der Waals surface area contributed by atoms with Crippen LogP contribution in [0.1, 0.15) is 36.7 Å². The van der Waals surface area contributed by atoms with E-state index in [-0.39, 0.29) is 0 Å². The number of nitrogens with two attached hydrogens (primary N) is 1. The fraction of sp³-hybridized carbons (Fsp3) is 0.227. The Labute approximate surface area is 158 Å². The lowest BCUT2D eigenvalue weighted by molar-refractivity contribution is 0.878. The van der Waals surface area contributed by atoms with Crippen molar-refractivity contribution in [3.8, 4) is 22.5 Å². The van der Waals surface area contributed by atoms with Crippen LogP contribution in [0.4, 0.5) is 5.82 Å². The van der Waals surface area contributed by atoms with E-state index in [2.05, 4.69) is 64.3 Å². The summed E-state index contributed by atoms with van der Waals surface area (Å²) in [5.41, 5.74) is 14.3. The largest absolute Gasteiger partial charge is 0.382 e. The van der Waals surface area contributed by atoms with Crippen LogP contribution in [0, 0.1) is 13.8 Å². The first-order valence-corrected chi connectivity index (χ1v) is 9.13. The summed E-state index contributed by atoms with van der Waals surface area (Å²) in [5, 5.41) is 9.41. The van der Waals surface area contributed by atoms with Crippen LogP contribution in [0.15, 0.2) is 42.5 Å². The van der Waals surface area contributed by atoms with E-state index in [1.165, 1.54) is 16.5 Å². The molecular weight excluding hydrogens is 334 g/mol. The van der Waals surface area contributed by atoms with Crippen LogP contribution in [-0.2, 0) is 0 Å². The Hall–Kier alpha value is -3.21. The third kappa shape index (κ3) is 3.16. The number of rotatable bonds is 3. The highest BCUT2D eigenvalue weighted by molar-refractivity contribution is 5.94. The molecule has 3 N–H and O–H groups in total. The number of pyridine rings is 1. The van der Waals surface area contributed by atoms with Gasteiger partial charge >= 0.3 is 0 Å². The van der Waals surface area contributed by atoms with Crippen molar-refractivity contribution < 1.29 is 0 Å². The number of nitrogens with zero attached hydrogens (tertiary/aromatic N) is 3. The Kier molecular flexibility index (Phi) is 4.15. The van der Waals surface area contributed by atoms with Gasteiger partial charge in [-0.15, -0.1) is 10.2 Å². The summed E-state index contributed by atoms with van der Waals surface area (Å²) in [7, 11) is 0. The van der Waals surface area contributed by atoms with E-state index >= 15 is 0 Å². The number of anilines is 1. The number of benzene rings is 1. The number of aromatic amines is 1. The summed E-state index contributed by atoms with van der Waals surface area (Å²) < 4.78 is 0. The van der Waals surface area contributed by atoms with Crippen LogP contribution in [0.3, 0.4) is 0 Å². The summed E-state index contributed by atoms with van der Waals surface area (Å²) in [6.45, 7) is 8.52. The Morgan fingerprint density at radius 2 is 1.63 bits per heavy atom. The molecular formula is C22H23N5. The molecule has 0 saturated heterocycles. The second-order valence-corrected chi connectivity index (χ2v) is 7.31. The van der Waals surface area contributed by atoms with Crippen molar-refractivity contribution in [3.05, 3.63) is 59.4 Å². The number of nitrogens with one attached hydrogen (secondary N) is 1. The van der Waals surface area contributed by atoms with Gasteiger partial charge in [0.2, 0.25) is 0 Å². The third-order valence-corrected chi connectivity index (χ3v) is 4.77. The second-order valence-electron chi connectivity index (χ2n) is 7.31. The van der Waals surface area contributed by atoms with Gasteiger partial charge in [0.25, 0.3) is 0 Å². The van der Waals surface area contributed by atoms with Gasteiger partial charge in [-0.05, 0) is 61.7 Å². The van der Waals surface area contributed by atoms with Crippen molar-refractivity contribution in [1.29, 1.82) is 0 Å². The standard InChI is InChI=1S/C22H23N5/c1-12(2)21-17-11-15(18-7-8-20(23)27-26-18)5-6-19(17)25-22(21)16-9-13(3)24-14(4)10-16/h5-12,25H,1-4H3,(H2,23,27). The van der Waals surface area contributed by atoms with Crippen LogP contribution in [0.25, 0.3) is 33.4 Å². The fourth-order valence-electron chi connectivity index (χ4n) is 3.67. The minimum atomic E-state index is 0.371. The smallest absolute Gasteiger partial charge is 0.146 e. The van der Waals surface area contributed by atoms with Crippen molar-refractivity contribution in [2.24, 2.45) is 0 Å². The van der Waals surface area contributed by atoms with E-state index < -0.39 is 0 Å². The minimum absolute atomic E-state index is 0.371. The maximum Gasteiger partial charge on any atom is 0.146 e. The fourth-order valence-corrected chi connectivity index (χ4v) is 3.67. The number of nitrogen functional groups attached to an aromatic ring is 1. The SMILES string of the molecule is Cc1cc(-c2[nH]c3ccc(-c4ccc(N)nn4)cc3c2C(C)C)cc(C)n1. The molecule has 136 valence electrons. The molecule has 5 heteroatoms. The van der Waals surface area contributed by atoms with E-state index in [9.17, 15) is 0 Å². The Morgan fingerprint density at radius 3 is 2.26 bits per heavy atom. The Morgan fingerprint density at radius 1 is 0.889 bits per heavy atom. The summed E-state index contributed by atoms with van der Waals surface area (Å²) in [5.74, 6) is 0.797. The van der Waals surface area contributed by atoms with Gasteiger partial charge < -0.3 is 10.7 Å². The first kappa shape index (κ1) is 17.2. The molecule has 1 aromatic carbocycles. The zero-order valence-electron chi connectivity index (χ0n) is 16.0. The molecule has 0 bridgehead atoms. The number of hydrogen-bond donors (Lipinski definition) is 2. The van der Waals surface area contributed by atoms with Crippen LogP contribution in [-0.4, -0.2) is 20.2 Å². The molecule has 0 aliphatic heterocycles. The molecule has 5 nitrogen and oxygen atoms in total. The van der Waals surface area contributed by atoms with E-state index in [0.29, 0.717) is 11.7 Å². The number of aryl methyl sites for hydroxylation is 2. The first-order valence-electron chi connectivity index (χ1n) is 9.13. The number of H-pyrrole nitrogens is 1. The number of hydrogen-bond acceptors (Lipinski definition) is 4. The average Bonchev–Trinajstić information content (AvgIpc) is 3.00. The Balaban J connectivity index is 1.93. The lowest BCUT2D eigenvalue weighted by Gasteiger charge is -2.10. The number of fused-ring (bicyclic) bond motifs is 1. The summed E-state index contributed by atoms with van der Waals surface area (Å²) >= 11 is 0. The Bertz CT molecular complexity index is 1100. The molecule has 0 spiro atoms. The quantitative estimate of drug-likeness (QED) is 0.540. The van der Waals surface area contributed by atoms with Gasteiger partial charge in [0, 0.05) is 33.4 Å². The molecule has 0 fully saturated rings. The van der Waals surface area contributed by atoms with Crippen LogP contribution >= 0.6 is 0 Å².